The van der Waals surface area contributed by atoms with Crippen LogP contribution < -0.4 is 11.1 Å². The first-order valence-electron chi connectivity index (χ1n) is 7.97. The van der Waals surface area contributed by atoms with Gasteiger partial charge in [0.25, 0.3) is 0 Å². The van der Waals surface area contributed by atoms with Crippen LogP contribution in [0.3, 0.4) is 0 Å². The largest absolute Gasteiger partial charge is 0.351 e. The summed E-state index contributed by atoms with van der Waals surface area (Å²) in [5.74, 6) is -0.223. The van der Waals surface area contributed by atoms with Gasteiger partial charge in [-0.1, -0.05) is 32.9 Å². The van der Waals surface area contributed by atoms with Gasteiger partial charge < -0.3 is 11.1 Å². The molecule has 0 aliphatic rings. The Balaban J connectivity index is 2.78. The van der Waals surface area contributed by atoms with Crippen LogP contribution in [0.4, 0.5) is 0 Å². The van der Waals surface area contributed by atoms with E-state index in [1.807, 2.05) is 34.6 Å². The highest BCUT2D eigenvalue weighted by Gasteiger charge is 2.27. The van der Waals surface area contributed by atoms with E-state index in [1.54, 1.807) is 31.3 Å². The second-order valence-corrected chi connectivity index (χ2v) is 9.32. The van der Waals surface area contributed by atoms with E-state index in [9.17, 15) is 13.2 Å². The molecule has 136 valence electrons. The average molecular weight is 356 g/mol. The summed E-state index contributed by atoms with van der Waals surface area (Å²) in [6.07, 6.45) is 0. The normalized spacial score (nSPS) is 14.0. The van der Waals surface area contributed by atoms with Gasteiger partial charge in [-0.15, -0.1) is 0 Å². The molecule has 0 spiro atoms. The van der Waals surface area contributed by atoms with Gasteiger partial charge in [-0.25, -0.2) is 8.42 Å². The second kappa shape index (κ2) is 7.63. The van der Waals surface area contributed by atoms with Gasteiger partial charge in [0.1, 0.15) is 0 Å². The molecule has 1 aromatic carbocycles. The number of nitrogens with two attached hydrogens (primary N) is 1. The average Bonchev–Trinajstić information content (AvgIpc) is 2.50. The van der Waals surface area contributed by atoms with E-state index in [-0.39, 0.29) is 22.3 Å². The highest BCUT2D eigenvalue weighted by atomic mass is 32.2. The Labute approximate surface area is 145 Å². The first kappa shape index (κ1) is 20.6. The van der Waals surface area contributed by atoms with Gasteiger partial charge in [-0.2, -0.15) is 4.31 Å². The molecule has 6 nitrogen and oxygen atoms in total. The van der Waals surface area contributed by atoms with Crippen LogP contribution in [0.2, 0.25) is 0 Å². The number of hydrogen-bond acceptors (Lipinski definition) is 4. The maximum atomic E-state index is 12.4. The fraction of sp³-hybridized carbons (Fsp3) is 0.588. The summed E-state index contributed by atoms with van der Waals surface area (Å²) < 4.78 is 26.1. The lowest BCUT2D eigenvalue weighted by Gasteiger charge is -2.25. The first-order valence-corrected chi connectivity index (χ1v) is 9.41. The minimum absolute atomic E-state index is 0.118. The summed E-state index contributed by atoms with van der Waals surface area (Å²) in [7, 11) is -1.94. The third-order valence-electron chi connectivity index (χ3n) is 4.01. The van der Waals surface area contributed by atoms with E-state index in [2.05, 4.69) is 5.32 Å². The fourth-order valence-electron chi connectivity index (χ4n) is 1.92. The molecule has 7 heteroatoms. The van der Waals surface area contributed by atoms with Crippen molar-refractivity contribution in [1.82, 2.24) is 9.62 Å². The van der Waals surface area contributed by atoms with E-state index in [1.165, 1.54) is 4.31 Å². The van der Waals surface area contributed by atoms with Crippen LogP contribution in [0.15, 0.2) is 29.2 Å². The second-order valence-electron chi connectivity index (χ2n) is 7.32. The molecule has 3 N–H and O–H groups in total. The third kappa shape index (κ3) is 5.03. The number of sulfonamides is 1. The minimum Gasteiger partial charge on any atom is -0.351 e. The lowest BCUT2D eigenvalue weighted by molar-refractivity contribution is -0.124. The topological polar surface area (TPSA) is 92.5 Å². The number of amides is 1. The molecule has 1 atom stereocenters. The van der Waals surface area contributed by atoms with E-state index in [0.29, 0.717) is 6.54 Å². The van der Waals surface area contributed by atoms with Crippen LogP contribution in [0.1, 0.15) is 40.2 Å². The Morgan fingerprint density at radius 2 is 1.71 bits per heavy atom. The summed E-state index contributed by atoms with van der Waals surface area (Å²) >= 11 is 0. The number of nitrogens with zero attached hydrogens (tertiary/aromatic N) is 1. The van der Waals surface area contributed by atoms with Crippen molar-refractivity contribution >= 4 is 15.9 Å². The summed E-state index contributed by atoms with van der Waals surface area (Å²) in [5, 5.41) is 2.78. The summed E-state index contributed by atoms with van der Waals surface area (Å²) in [5.41, 5.74) is 6.40. The molecular weight excluding hydrogens is 326 g/mol. The first-order chi connectivity index (χ1) is 10.9. The van der Waals surface area contributed by atoms with Gasteiger partial charge in [0.15, 0.2) is 0 Å². The number of rotatable bonds is 6. The van der Waals surface area contributed by atoms with Crippen LogP contribution >= 0.6 is 0 Å². The van der Waals surface area contributed by atoms with Gasteiger partial charge >= 0.3 is 0 Å². The molecule has 0 radical (unpaired) electrons. The highest BCUT2D eigenvalue weighted by Crippen LogP contribution is 2.18. The van der Waals surface area contributed by atoms with Crippen molar-refractivity contribution < 1.29 is 13.2 Å². The van der Waals surface area contributed by atoms with Crippen LogP contribution in [0, 0.1) is 5.41 Å². The lowest BCUT2D eigenvalue weighted by atomic mass is 9.87. The number of carbonyl (C=O) groups excluding carboxylic acids is 1. The van der Waals surface area contributed by atoms with Crippen LogP contribution in [0.5, 0.6) is 0 Å². The minimum atomic E-state index is -3.49. The maximum absolute atomic E-state index is 12.4. The van der Waals surface area contributed by atoms with E-state index < -0.39 is 16.1 Å². The Kier molecular flexibility index (Phi) is 6.55. The van der Waals surface area contributed by atoms with Crippen molar-refractivity contribution in [1.29, 1.82) is 0 Å². The van der Waals surface area contributed by atoms with E-state index in [0.717, 1.165) is 5.56 Å². The smallest absolute Gasteiger partial charge is 0.243 e. The zero-order valence-electron chi connectivity index (χ0n) is 15.3. The van der Waals surface area contributed by atoms with Crippen molar-refractivity contribution in [2.24, 2.45) is 11.1 Å². The Morgan fingerprint density at radius 3 is 2.12 bits per heavy atom. The molecule has 0 fully saturated rings. The predicted octanol–water partition coefficient (Wildman–Crippen LogP) is 1.71. The van der Waals surface area contributed by atoms with Crippen molar-refractivity contribution in [2.75, 3.05) is 7.05 Å². The van der Waals surface area contributed by atoms with Crippen molar-refractivity contribution in [3.63, 3.8) is 0 Å². The maximum Gasteiger partial charge on any atom is 0.243 e. The van der Waals surface area contributed by atoms with Crippen molar-refractivity contribution in [2.45, 2.75) is 58.1 Å². The highest BCUT2D eigenvalue weighted by molar-refractivity contribution is 7.89. The fourth-order valence-corrected chi connectivity index (χ4v) is 3.28. The predicted molar refractivity (Wildman–Crippen MR) is 95.8 cm³/mol. The molecule has 24 heavy (non-hydrogen) atoms. The molecule has 0 saturated heterocycles. The molecule has 0 aliphatic heterocycles. The third-order valence-corrected chi connectivity index (χ3v) is 6.06. The van der Waals surface area contributed by atoms with Crippen LogP contribution in [0.25, 0.3) is 0 Å². The SMILES string of the molecule is CC(C)N(C)S(=O)(=O)c1ccc(CNC(=O)[C@@H](N)C(C)(C)C)cc1. The van der Waals surface area contributed by atoms with Gasteiger partial charge in [0, 0.05) is 19.6 Å². The molecule has 1 rings (SSSR count). The van der Waals surface area contributed by atoms with Crippen LogP contribution in [-0.2, 0) is 21.4 Å². The Morgan fingerprint density at radius 1 is 1.21 bits per heavy atom. The van der Waals surface area contributed by atoms with Crippen molar-refractivity contribution in [3.8, 4) is 0 Å². The molecule has 0 aromatic heterocycles. The molecule has 0 saturated carbocycles. The summed E-state index contributed by atoms with van der Waals surface area (Å²) in [4.78, 5) is 12.3. The molecule has 1 amide bonds. The van der Waals surface area contributed by atoms with Crippen molar-refractivity contribution in [3.05, 3.63) is 29.8 Å². The van der Waals surface area contributed by atoms with E-state index >= 15 is 0 Å². The lowest BCUT2D eigenvalue weighted by Crippen LogP contribution is -2.48. The summed E-state index contributed by atoms with van der Waals surface area (Å²) in [6.45, 7) is 9.66. The molecule has 1 aromatic rings. The van der Waals surface area contributed by atoms with E-state index in [4.69, 9.17) is 5.73 Å². The number of hydrogen-bond donors (Lipinski definition) is 2. The van der Waals surface area contributed by atoms with Gasteiger partial charge in [0.05, 0.1) is 10.9 Å². The molecule has 0 bridgehead atoms. The Hall–Kier alpha value is -1.44. The molecule has 0 unspecified atom stereocenters. The molecule has 0 aliphatic carbocycles. The zero-order chi connectivity index (χ0) is 18.7. The standard InChI is InChI=1S/C17H29N3O3S/c1-12(2)20(6)24(22,23)14-9-7-13(8-10-14)11-19-16(21)15(18)17(3,4)5/h7-10,12,15H,11,18H2,1-6H3,(H,19,21)/t15-/m1/s1. The van der Waals surface area contributed by atoms with Crippen LogP contribution in [-0.4, -0.2) is 37.8 Å². The monoisotopic (exact) mass is 355 g/mol. The molecule has 0 heterocycles. The number of carbonyl (C=O) groups is 1. The van der Waals surface area contributed by atoms with Gasteiger partial charge in [0.2, 0.25) is 15.9 Å². The number of benzene rings is 1. The number of nitrogens with one attached hydrogen (secondary N) is 1. The quantitative estimate of drug-likeness (QED) is 0.812. The van der Waals surface area contributed by atoms with Gasteiger partial charge in [-0.05, 0) is 37.0 Å². The Bertz CT molecular complexity index is 661. The molecular formula is C17H29N3O3S. The zero-order valence-corrected chi connectivity index (χ0v) is 16.1. The summed E-state index contributed by atoms with van der Waals surface area (Å²) in [6, 6.07) is 5.79. The van der Waals surface area contributed by atoms with Gasteiger partial charge in [-0.3, -0.25) is 4.79 Å².